The van der Waals surface area contributed by atoms with E-state index < -0.39 is 17.3 Å². The van der Waals surface area contributed by atoms with Gasteiger partial charge in [-0.25, -0.2) is 0 Å². The molecule has 2 atom stereocenters. The molecule has 170 valence electrons. The van der Waals surface area contributed by atoms with Crippen molar-refractivity contribution in [2.75, 3.05) is 18.8 Å². The third-order valence-corrected chi connectivity index (χ3v) is 13.0. The largest absolute Gasteiger partial charge is 0.417 e. The standard InChI is InChI=1S/C22H45NO3SSi2/c1-16(14-25-15-27-8)19-17(13-18(21(2,3)4)26-28(9)10)23(20(19)24)29(11,12)22(5,6)7/h17-18,28H,13-15H2,1-12H3/t17-,18?/m1/s1. The summed E-state index contributed by atoms with van der Waals surface area (Å²) in [7, 11) is -3.17. The molecule has 7 heteroatoms. The van der Waals surface area contributed by atoms with E-state index >= 15 is 0 Å². The first-order valence-electron chi connectivity index (χ1n) is 10.8. The van der Waals surface area contributed by atoms with Crippen LogP contribution in [0.25, 0.3) is 0 Å². The molecule has 1 unspecified atom stereocenters. The highest BCUT2D eigenvalue weighted by atomic mass is 32.2. The van der Waals surface area contributed by atoms with Crippen molar-refractivity contribution < 1.29 is 14.0 Å². The average molecular weight is 460 g/mol. The molecule has 4 nitrogen and oxygen atoms in total. The Morgan fingerprint density at radius 2 is 1.76 bits per heavy atom. The second kappa shape index (κ2) is 10.0. The zero-order valence-electron chi connectivity index (χ0n) is 20.9. The molecule has 0 bridgehead atoms. The first-order valence-corrected chi connectivity index (χ1v) is 17.9. The van der Waals surface area contributed by atoms with Crippen LogP contribution < -0.4 is 0 Å². The minimum atomic E-state index is -1.98. The smallest absolute Gasteiger partial charge is 0.244 e. The van der Waals surface area contributed by atoms with Crippen LogP contribution in [0.5, 0.6) is 0 Å². The van der Waals surface area contributed by atoms with E-state index in [1.807, 2.05) is 6.26 Å². The molecule has 1 aliphatic rings. The Bertz CT molecular complexity index is 606. The number of β-lactam (4-membered cyclic amide) rings is 1. The topological polar surface area (TPSA) is 38.8 Å². The fourth-order valence-corrected chi connectivity index (χ4v) is 7.46. The molecular formula is C22H45NO3SSi2. The molecule has 1 aliphatic heterocycles. The third-order valence-electron chi connectivity index (χ3n) is 6.35. The van der Waals surface area contributed by atoms with Crippen molar-refractivity contribution in [1.29, 1.82) is 0 Å². The average Bonchev–Trinajstić information content (AvgIpc) is 2.51. The van der Waals surface area contributed by atoms with Crippen LogP contribution in [0.1, 0.15) is 54.9 Å². The van der Waals surface area contributed by atoms with Gasteiger partial charge in [0.05, 0.1) is 24.7 Å². The van der Waals surface area contributed by atoms with Gasteiger partial charge in [-0.1, -0.05) is 54.6 Å². The molecule has 1 fully saturated rings. The summed E-state index contributed by atoms with van der Waals surface area (Å²) in [5, 5.41) is 0.112. The van der Waals surface area contributed by atoms with E-state index in [2.05, 4.69) is 79.2 Å². The monoisotopic (exact) mass is 459 g/mol. The predicted molar refractivity (Wildman–Crippen MR) is 133 cm³/mol. The van der Waals surface area contributed by atoms with E-state index in [0.717, 1.165) is 17.6 Å². The number of hydrogen-bond acceptors (Lipinski definition) is 4. The lowest BCUT2D eigenvalue weighted by atomic mass is 9.80. The molecule has 0 aromatic carbocycles. The van der Waals surface area contributed by atoms with Gasteiger partial charge in [0.2, 0.25) is 5.91 Å². The highest BCUT2D eigenvalue weighted by Gasteiger charge is 2.55. The van der Waals surface area contributed by atoms with E-state index in [4.69, 9.17) is 9.16 Å². The van der Waals surface area contributed by atoms with Crippen LogP contribution in [0.15, 0.2) is 11.1 Å². The summed E-state index contributed by atoms with van der Waals surface area (Å²) in [5.41, 5.74) is 2.10. The van der Waals surface area contributed by atoms with Gasteiger partial charge in [0.25, 0.3) is 0 Å². The van der Waals surface area contributed by atoms with Crippen LogP contribution in [0.3, 0.4) is 0 Å². The summed E-state index contributed by atoms with van der Waals surface area (Å²) in [4.78, 5) is 13.4. The molecule has 1 rings (SSSR count). The maximum atomic E-state index is 13.4. The van der Waals surface area contributed by atoms with Crippen LogP contribution in [0.4, 0.5) is 0 Å². The maximum absolute atomic E-state index is 13.4. The molecule has 0 N–H and O–H groups in total. The molecule has 0 aromatic rings. The first kappa shape index (κ1) is 26.9. The number of amides is 1. The number of ether oxygens (including phenoxy) is 1. The van der Waals surface area contributed by atoms with Crippen molar-refractivity contribution in [3.05, 3.63) is 11.1 Å². The number of carbonyl (C=O) groups is 1. The normalized spacial score (nSPS) is 21.5. The minimum absolute atomic E-state index is 0.0450. The molecule has 0 saturated carbocycles. The Labute approximate surface area is 187 Å². The molecule has 0 spiro atoms. The molecule has 1 heterocycles. The van der Waals surface area contributed by atoms with Crippen molar-refractivity contribution in [2.45, 2.75) is 98.3 Å². The highest BCUT2D eigenvalue weighted by molar-refractivity contribution is 7.98. The molecule has 0 aromatic heterocycles. The Morgan fingerprint density at radius 3 is 2.17 bits per heavy atom. The van der Waals surface area contributed by atoms with Gasteiger partial charge in [-0.3, -0.25) is 4.79 Å². The summed E-state index contributed by atoms with van der Waals surface area (Å²) >= 11 is 1.66. The Kier molecular flexibility index (Phi) is 9.31. The zero-order valence-corrected chi connectivity index (χ0v) is 23.9. The van der Waals surface area contributed by atoms with Gasteiger partial charge in [-0.05, 0) is 48.7 Å². The van der Waals surface area contributed by atoms with Crippen molar-refractivity contribution in [3.8, 4) is 0 Å². The fourth-order valence-electron chi connectivity index (χ4n) is 3.67. The number of nitrogens with zero attached hydrogens (tertiary/aromatic N) is 1. The zero-order chi connectivity index (χ0) is 22.8. The van der Waals surface area contributed by atoms with Crippen LogP contribution >= 0.6 is 11.8 Å². The van der Waals surface area contributed by atoms with Crippen molar-refractivity contribution in [1.82, 2.24) is 4.57 Å². The molecule has 1 saturated heterocycles. The van der Waals surface area contributed by atoms with Gasteiger partial charge in [-0.2, -0.15) is 0 Å². The lowest BCUT2D eigenvalue weighted by Crippen LogP contribution is -2.70. The minimum Gasteiger partial charge on any atom is -0.417 e. The number of hydrogen-bond donors (Lipinski definition) is 0. The first-order chi connectivity index (χ1) is 13.1. The summed E-state index contributed by atoms with van der Waals surface area (Å²) in [6, 6.07) is 0.137. The summed E-state index contributed by atoms with van der Waals surface area (Å²) < 4.78 is 14.5. The van der Waals surface area contributed by atoms with Gasteiger partial charge in [0.1, 0.15) is 0 Å². The summed E-state index contributed by atoms with van der Waals surface area (Å²) in [6.07, 6.45) is 3.05. The van der Waals surface area contributed by atoms with Crippen LogP contribution in [0, 0.1) is 5.41 Å². The quantitative estimate of drug-likeness (QED) is 0.147. The van der Waals surface area contributed by atoms with Gasteiger partial charge in [-0.15, -0.1) is 11.8 Å². The number of thioether (sulfide) groups is 1. The molecule has 29 heavy (non-hydrogen) atoms. The van der Waals surface area contributed by atoms with E-state index in [9.17, 15) is 4.79 Å². The number of rotatable bonds is 9. The molecular weight excluding hydrogens is 414 g/mol. The lowest BCUT2D eigenvalue weighted by molar-refractivity contribution is -0.132. The second-order valence-corrected chi connectivity index (χ2v) is 19.5. The van der Waals surface area contributed by atoms with Crippen LogP contribution in [-0.4, -0.2) is 58.7 Å². The van der Waals surface area contributed by atoms with E-state index in [-0.39, 0.29) is 28.5 Å². The van der Waals surface area contributed by atoms with Gasteiger partial charge in [0.15, 0.2) is 17.3 Å². The second-order valence-electron chi connectivity index (χ2n) is 11.2. The fraction of sp³-hybridized carbons (Fsp3) is 0.864. The SMILES string of the molecule is CSCOCC(C)=C1C(=O)N([Si](C)(C)C(C)(C)C)[C@@H]1CC(O[SiH](C)C)C(C)(C)C. The van der Waals surface area contributed by atoms with Gasteiger partial charge in [0, 0.05) is 5.57 Å². The Balaban J connectivity index is 3.31. The Hall–Kier alpha value is -0.0862. The van der Waals surface area contributed by atoms with Crippen LogP contribution in [0.2, 0.25) is 31.2 Å². The molecule has 0 aliphatic carbocycles. The molecule has 0 radical (unpaired) electrons. The van der Waals surface area contributed by atoms with E-state index in [1.165, 1.54) is 0 Å². The summed E-state index contributed by atoms with van der Waals surface area (Å²) in [6.45, 7) is 25.3. The molecule has 1 amide bonds. The highest BCUT2D eigenvalue weighted by Crippen LogP contribution is 2.47. The van der Waals surface area contributed by atoms with Crippen LogP contribution in [-0.2, 0) is 14.0 Å². The summed E-state index contributed by atoms with van der Waals surface area (Å²) in [5.74, 6) is 0.878. The predicted octanol–water partition coefficient (Wildman–Crippen LogP) is 5.66. The van der Waals surface area contributed by atoms with Crippen molar-refractivity contribution >= 4 is 34.9 Å². The van der Waals surface area contributed by atoms with Gasteiger partial charge < -0.3 is 13.7 Å². The van der Waals surface area contributed by atoms with Crippen molar-refractivity contribution in [3.63, 3.8) is 0 Å². The van der Waals surface area contributed by atoms with E-state index in [1.54, 1.807) is 11.8 Å². The third kappa shape index (κ3) is 6.45. The van der Waals surface area contributed by atoms with Gasteiger partial charge >= 0.3 is 0 Å². The van der Waals surface area contributed by atoms with E-state index in [0.29, 0.717) is 12.5 Å². The number of carbonyl (C=O) groups excluding carboxylic acids is 1. The van der Waals surface area contributed by atoms with Crippen molar-refractivity contribution in [2.24, 2.45) is 5.41 Å². The maximum Gasteiger partial charge on any atom is 0.244 e. The Morgan fingerprint density at radius 1 is 1.21 bits per heavy atom. The lowest BCUT2D eigenvalue weighted by Gasteiger charge is -2.57.